The normalized spacial score (nSPS) is 12.8. The summed E-state index contributed by atoms with van der Waals surface area (Å²) in [6.45, 7) is 0. The predicted octanol–water partition coefficient (Wildman–Crippen LogP) is 1.55. The van der Waals surface area contributed by atoms with E-state index in [0.29, 0.717) is 6.42 Å². The van der Waals surface area contributed by atoms with Crippen molar-refractivity contribution >= 4 is 33.5 Å². The molecule has 0 amide bonds. The van der Waals surface area contributed by atoms with Gasteiger partial charge in [-0.15, -0.1) is 11.6 Å². The first-order chi connectivity index (χ1) is 4.22. The lowest BCUT2D eigenvalue weighted by atomic mass is 10.3. The molecule has 1 unspecified atom stereocenters. The van der Waals surface area contributed by atoms with Crippen LogP contribution < -0.4 is 0 Å². The topological polar surface area (TPSA) is 26.3 Å². The minimum atomic E-state index is -0.505. The fourth-order valence-electron chi connectivity index (χ4n) is 0.342. The van der Waals surface area contributed by atoms with E-state index in [1.165, 1.54) is 7.11 Å². The van der Waals surface area contributed by atoms with Crippen molar-refractivity contribution in [3.8, 4) is 0 Å². The van der Waals surface area contributed by atoms with Crippen molar-refractivity contribution in [1.29, 1.82) is 0 Å². The number of methoxy groups -OCH3 is 1. The van der Waals surface area contributed by atoms with Gasteiger partial charge in [-0.25, -0.2) is 0 Å². The van der Waals surface area contributed by atoms with Crippen molar-refractivity contribution in [1.82, 2.24) is 0 Å². The summed E-state index contributed by atoms with van der Waals surface area (Å²) in [5.41, 5.74) is 0. The Balaban J connectivity index is 3.45. The van der Waals surface area contributed by atoms with E-state index < -0.39 is 5.38 Å². The van der Waals surface area contributed by atoms with Gasteiger partial charge in [-0.3, -0.25) is 4.79 Å². The Hall–Kier alpha value is 0.240. The average Bonchev–Trinajstić information content (AvgIpc) is 1.87. The lowest BCUT2D eigenvalue weighted by Crippen LogP contribution is -2.16. The van der Waals surface area contributed by atoms with Gasteiger partial charge in [-0.1, -0.05) is 15.9 Å². The molecule has 0 aromatic carbocycles. The number of alkyl halides is 2. The van der Waals surface area contributed by atoms with Gasteiger partial charge in [-0.2, -0.15) is 0 Å². The molecule has 0 saturated heterocycles. The zero-order valence-electron chi connectivity index (χ0n) is 5.06. The van der Waals surface area contributed by atoms with E-state index in [9.17, 15) is 4.79 Å². The van der Waals surface area contributed by atoms with Crippen molar-refractivity contribution in [2.75, 3.05) is 12.4 Å². The summed E-state index contributed by atoms with van der Waals surface area (Å²) < 4.78 is 4.37. The molecule has 4 heteroatoms. The highest BCUT2D eigenvalue weighted by molar-refractivity contribution is 9.09. The average molecular weight is 215 g/mol. The van der Waals surface area contributed by atoms with Crippen LogP contribution in [0.15, 0.2) is 0 Å². The van der Waals surface area contributed by atoms with Crippen molar-refractivity contribution in [3.05, 3.63) is 0 Å². The molecule has 0 rings (SSSR count). The van der Waals surface area contributed by atoms with Crippen molar-refractivity contribution in [3.63, 3.8) is 0 Å². The zero-order valence-corrected chi connectivity index (χ0v) is 7.41. The van der Waals surface area contributed by atoms with Crippen LogP contribution in [0.5, 0.6) is 0 Å². The van der Waals surface area contributed by atoms with Crippen LogP contribution in [0.4, 0.5) is 0 Å². The van der Waals surface area contributed by atoms with Crippen molar-refractivity contribution in [2.24, 2.45) is 0 Å². The molecule has 0 radical (unpaired) electrons. The molecule has 0 fully saturated rings. The molecule has 2 nitrogen and oxygen atoms in total. The van der Waals surface area contributed by atoms with E-state index in [1.54, 1.807) is 0 Å². The summed E-state index contributed by atoms with van der Waals surface area (Å²) in [7, 11) is 1.33. The SMILES string of the molecule is COC(=O)C(Cl)CCBr. The monoisotopic (exact) mass is 214 g/mol. The third-order valence-corrected chi connectivity index (χ3v) is 1.67. The Morgan fingerprint density at radius 1 is 1.89 bits per heavy atom. The molecule has 54 valence electrons. The van der Waals surface area contributed by atoms with E-state index in [1.807, 2.05) is 0 Å². The Morgan fingerprint density at radius 3 is 2.78 bits per heavy atom. The molecule has 0 heterocycles. The number of rotatable bonds is 3. The molecule has 0 aromatic heterocycles. The smallest absolute Gasteiger partial charge is 0.323 e. The Kier molecular flexibility index (Phi) is 5.19. The number of hydrogen-bond donors (Lipinski definition) is 0. The van der Waals surface area contributed by atoms with E-state index in [0.717, 1.165) is 5.33 Å². The first kappa shape index (κ1) is 9.24. The maximum absolute atomic E-state index is 10.5. The molecular formula is C5H8BrClO2. The minimum absolute atomic E-state index is 0.365. The molecule has 0 aliphatic rings. The zero-order chi connectivity index (χ0) is 7.28. The molecule has 0 bridgehead atoms. The van der Waals surface area contributed by atoms with Gasteiger partial charge in [0.25, 0.3) is 0 Å². The highest BCUT2D eigenvalue weighted by Crippen LogP contribution is 2.05. The third kappa shape index (κ3) is 3.76. The summed E-state index contributed by atoms with van der Waals surface area (Å²) in [5.74, 6) is -0.365. The van der Waals surface area contributed by atoms with E-state index in [-0.39, 0.29) is 5.97 Å². The lowest BCUT2D eigenvalue weighted by Gasteiger charge is -2.02. The number of carbonyl (C=O) groups is 1. The van der Waals surface area contributed by atoms with Crippen LogP contribution in [0.1, 0.15) is 6.42 Å². The second-order valence-corrected chi connectivity index (χ2v) is 2.79. The summed E-state index contributed by atoms with van der Waals surface area (Å²) in [6, 6.07) is 0. The van der Waals surface area contributed by atoms with Crippen LogP contribution in [0.2, 0.25) is 0 Å². The second kappa shape index (κ2) is 5.06. The van der Waals surface area contributed by atoms with Gasteiger partial charge in [0.1, 0.15) is 5.38 Å². The third-order valence-electron chi connectivity index (χ3n) is 0.819. The van der Waals surface area contributed by atoms with E-state index in [2.05, 4.69) is 20.7 Å². The summed E-state index contributed by atoms with van der Waals surface area (Å²) in [4.78, 5) is 10.5. The molecule has 0 aliphatic heterocycles. The van der Waals surface area contributed by atoms with Crippen LogP contribution >= 0.6 is 27.5 Å². The lowest BCUT2D eigenvalue weighted by molar-refractivity contribution is -0.140. The van der Waals surface area contributed by atoms with Gasteiger partial charge >= 0.3 is 5.97 Å². The molecule has 0 aromatic rings. The fourth-order valence-corrected chi connectivity index (χ4v) is 1.26. The van der Waals surface area contributed by atoms with Crippen LogP contribution in [0, 0.1) is 0 Å². The number of hydrogen-bond acceptors (Lipinski definition) is 2. The second-order valence-electron chi connectivity index (χ2n) is 1.47. The largest absolute Gasteiger partial charge is 0.468 e. The minimum Gasteiger partial charge on any atom is -0.468 e. The predicted molar refractivity (Wildman–Crippen MR) is 40.1 cm³/mol. The number of halogens is 2. The van der Waals surface area contributed by atoms with Crippen molar-refractivity contribution in [2.45, 2.75) is 11.8 Å². The van der Waals surface area contributed by atoms with E-state index >= 15 is 0 Å². The van der Waals surface area contributed by atoms with Crippen molar-refractivity contribution < 1.29 is 9.53 Å². The van der Waals surface area contributed by atoms with Gasteiger partial charge in [0.2, 0.25) is 0 Å². The van der Waals surface area contributed by atoms with Gasteiger partial charge in [0, 0.05) is 5.33 Å². The van der Waals surface area contributed by atoms with Gasteiger partial charge in [0.05, 0.1) is 7.11 Å². The summed E-state index contributed by atoms with van der Waals surface area (Å²) in [6.07, 6.45) is 0.605. The quantitative estimate of drug-likeness (QED) is 0.527. The Labute approximate surface area is 67.6 Å². The summed E-state index contributed by atoms with van der Waals surface area (Å²) >= 11 is 8.68. The molecule has 0 aliphatic carbocycles. The molecule has 0 saturated carbocycles. The number of ether oxygens (including phenoxy) is 1. The van der Waals surface area contributed by atoms with Crippen LogP contribution in [0.25, 0.3) is 0 Å². The Morgan fingerprint density at radius 2 is 2.44 bits per heavy atom. The maximum Gasteiger partial charge on any atom is 0.323 e. The van der Waals surface area contributed by atoms with Crippen LogP contribution in [-0.2, 0) is 9.53 Å². The highest BCUT2D eigenvalue weighted by atomic mass is 79.9. The maximum atomic E-state index is 10.5. The summed E-state index contributed by atoms with van der Waals surface area (Å²) in [5, 5.41) is 0.213. The Bertz CT molecular complexity index is 97.0. The molecule has 1 atom stereocenters. The first-order valence-corrected chi connectivity index (χ1v) is 4.06. The number of carbonyl (C=O) groups excluding carboxylic acids is 1. The molecular weight excluding hydrogens is 207 g/mol. The van der Waals surface area contributed by atoms with Crippen LogP contribution in [-0.4, -0.2) is 23.8 Å². The van der Waals surface area contributed by atoms with Gasteiger partial charge in [-0.05, 0) is 6.42 Å². The molecule has 9 heavy (non-hydrogen) atoms. The molecule has 0 N–H and O–H groups in total. The van der Waals surface area contributed by atoms with E-state index in [4.69, 9.17) is 11.6 Å². The van der Waals surface area contributed by atoms with Gasteiger partial charge in [0.15, 0.2) is 0 Å². The standard InChI is InChI=1S/C5H8BrClO2/c1-9-5(8)4(7)2-3-6/h4H,2-3H2,1H3. The number of esters is 1. The molecule has 0 spiro atoms. The fraction of sp³-hybridized carbons (Fsp3) is 0.800. The van der Waals surface area contributed by atoms with Crippen LogP contribution in [0.3, 0.4) is 0 Å². The first-order valence-electron chi connectivity index (χ1n) is 2.50. The van der Waals surface area contributed by atoms with Gasteiger partial charge < -0.3 is 4.74 Å². The highest BCUT2D eigenvalue weighted by Gasteiger charge is 2.13.